The second-order valence-corrected chi connectivity index (χ2v) is 7.56. The van der Waals surface area contributed by atoms with Crippen molar-refractivity contribution in [2.24, 2.45) is 0 Å². The van der Waals surface area contributed by atoms with Crippen LogP contribution in [0, 0.1) is 5.82 Å². The fourth-order valence-electron chi connectivity index (χ4n) is 3.59. The van der Waals surface area contributed by atoms with Gasteiger partial charge in [-0.05, 0) is 39.8 Å². The van der Waals surface area contributed by atoms with Gasteiger partial charge in [-0.3, -0.25) is 4.79 Å². The minimum absolute atomic E-state index is 0.0712. The molecule has 0 aliphatic carbocycles. The molecule has 142 valence electrons. The van der Waals surface area contributed by atoms with Crippen LogP contribution in [0.4, 0.5) is 10.1 Å². The van der Waals surface area contributed by atoms with Gasteiger partial charge < -0.3 is 29.0 Å². The van der Waals surface area contributed by atoms with E-state index in [1.54, 1.807) is 39.8 Å². The second-order valence-electron chi connectivity index (χ2n) is 7.56. The van der Waals surface area contributed by atoms with Gasteiger partial charge in [0.1, 0.15) is 24.1 Å². The Morgan fingerprint density at radius 2 is 1.58 bits per heavy atom. The molecule has 3 aliphatic heterocycles. The highest BCUT2D eigenvalue weighted by atomic mass is 19.1. The molecule has 0 aromatic heterocycles. The predicted octanol–water partition coefficient (Wildman–Crippen LogP) is 2.16. The van der Waals surface area contributed by atoms with E-state index < -0.39 is 54.0 Å². The number of fused-ring (bicyclic) bond motifs is 3. The topological polar surface area (TPSA) is 75.3 Å². The van der Waals surface area contributed by atoms with Crippen molar-refractivity contribution >= 4 is 11.6 Å². The maximum Gasteiger partial charge on any atom is 0.256 e. The van der Waals surface area contributed by atoms with E-state index in [0.717, 1.165) is 0 Å². The molecule has 8 heteroatoms. The third kappa shape index (κ3) is 3.12. The number of nitrogens with one attached hydrogen (secondary N) is 1. The average Bonchev–Trinajstić information content (AvgIpc) is 3.02. The largest absolute Gasteiger partial charge is 0.342 e. The van der Waals surface area contributed by atoms with Crippen LogP contribution in [0.5, 0.6) is 0 Å². The number of anilines is 1. The fourth-order valence-corrected chi connectivity index (χ4v) is 3.59. The zero-order chi connectivity index (χ0) is 18.7. The summed E-state index contributed by atoms with van der Waals surface area (Å²) in [5, 5.41) is 2.55. The number of hydrogen-bond acceptors (Lipinski definition) is 6. The van der Waals surface area contributed by atoms with E-state index in [-0.39, 0.29) is 5.69 Å². The fraction of sp³-hybridized carbons (Fsp3) is 0.611. The van der Waals surface area contributed by atoms with E-state index in [9.17, 15) is 9.18 Å². The van der Waals surface area contributed by atoms with Crippen LogP contribution in [-0.4, -0.2) is 48.2 Å². The van der Waals surface area contributed by atoms with Gasteiger partial charge in [0.05, 0.1) is 5.69 Å². The SMILES string of the molecule is CC1(C)OC2OC(C(=O)Nc3ccccc3F)C3OC(C)(C)OC3C2O1. The van der Waals surface area contributed by atoms with Gasteiger partial charge in [-0.25, -0.2) is 4.39 Å². The zero-order valence-corrected chi connectivity index (χ0v) is 15.0. The van der Waals surface area contributed by atoms with E-state index in [2.05, 4.69) is 5.32 Å². The third-order valence-electron chi connectivity index (χ3n) is 4.54. The highest BCUT2D eigenvalue weighted by molar-refractivity contribution is 5.95. The molecule has 1 amide bonds. The van der Waals surface area contributed by atoms with Crippen LogP contribution in [0.1, 0.15) is 27.7 Å². The van der Waals surface area contributed by atoms with Crippen molar-refractivity contribution in [1.29, 1.82) is 0 Å². The van der Waals surface area contributed by atoms with Crippen LogP contribution < -0.4 is 5.32 Å². The third-order valence-corrected chi connectivity index (χ3v) is 4.54. The van der Waals surface area contributed by atoms with Crippen LogP contribution in [0.3, 0.4) is 0 Å². The smallest absolute Gasteiger partial charge is 0.256 e. The van der Waals surface area contributed by atoms with Gasteiger partial charge in [-0.1, -0.05) is 12.1 Å². The molecule has 26 heavy (non-hydrogen) atoms. The maximum atomic E-state index is 13.9. The normalized spacial score (nSPS) is 37.0. The molecular formula is C18H22FNO6. The Bertz CT molecular complexity index is 723. The van der Waals surface area contributed by atoms with Crippen molar-refractivity contribution in [3.63, 3.8) is 0 Å². The van der Waals surface area contributed by atoms with Crippen molar-refractivity contribution in [1.82, 2.24) is 0 Å². The summed E-state index contributed by atoms with van der Waals surface area (Å²) in [4.78, 5) is 12.8. The van der Waals surface area contributed by atoms with Crippen molar-refractivity contribution in [3.8, 4) is 0 Å². The molecule has 3 aliphatic rings. The molecule has 5 unspecified atom stereocenters. The number of carbonyl (C=O) groups excluding carboxylic acids is 1. The number of hydrogen-bond donors (Lipinski definition) is 1. The molecule has 3 heterocycles. The van der Waals surface area contributed by atoms with Crippen LogP contribution in [0.15, 0.2) is 24.3 Å². The molecule has 1 aromatic rings. The van der Waals surface area contributed by atoms with E-state index in [1.807, 2.05) is 0 Å². The van der Waals surface area contributed by atoms with Crippen LogP contribution in [-0.2, 0) is 28.5 Å². The quantitative estimate of drug-likeness (QED) is 0.863. The van der Waals surface area contributed by atoms with Gasteiger partial charge in [0.15, 0.2) is 24.0 Å². The summed E-state index contributed by atoms with van der Waals surface area (Å²) in [5.74, 6) is -2.83. The molecule has 3 fully saturated rings. The minimum atomic E-state index is -1.03. The lowest BCUT2D eigenvalue weighted by Crippen LogP contribution is -2.58. The number of para-hydroxylation sites is 1. The molecule has 7 nitrogen and oxygen atoms in total. The van der Waals surface area contributed by atoms with Crippen molar-refractivity contribution in [2.75, 3.05) is 5.32 Å². The monoisotopic (exact) mass is 367 g/mol. The molecule has 1 aromatic carbocycles. The molecular weight excluding hydrogens is 345 g/mol. The summed E-state index contributed by atoms with van der Waals surface area (Å²) in [5.41, 5.74) is 0.0712. The van der Waals surface area contributed by atoms with E-state index >= 15 is 0 Å². The first-order valence-electron chi connectivity index (χ1n) is 8.57. The number of benzene rings is 1. The lowest BCUT2D eigenvalue weighted by molar-refractivity contribution is -0.229. The van der Waals surface area contributed by atoms with Crippen molar-refractivity contribution < 1.29 is 32.9 Å². The lowest BCUT2D eigenvalue weighted by atomic mass is 9.98. The van der Waals surface area contributed by atoms with E-state index in [1.165, 1.54) is 12.1 Å². The highest BCUT2D eigenvalue weighted by Gasteiger charge is 2.62. The summed E-state index contributed by atoms with van der Waals surface area (Å²) < 4.78 is 43.2. The molecule has 0 saturated carbocycles. The number of carbonyl (C=O) groups is 1. The molecule has 4 rings (SSSR count). The Hall–Kier alpha value is -1.58. The molecule has 0 bridgehead atoms. The van der Waals surface area contributed by atoms with Gasteiger partial charge in [0.25, 0.3) is 5.91 Å². The first-order valence-corrected chi connectivity index (χ1v) is 8.57. The highest BCUT2D eigenvalue weighted by Crippen LogP contribution is 2.44. The zero-order valence-electron chi connectivity index (χ0n) is 15.0. The van der Waals surface area contributed by atoms with Gasteiger partial charge in [-0.2, -0.15) is 0 Å². The molecule has 3 saturated heterocycles. The average molecular weight is 367 g/mol. The van der Waals surface area contributed by atoms with E-state index in [0.29, 0.717) is 0 Å². The summed E-state index contributed by atoms with van der Waals surface area (Å²) in [6, 6.07) is 5.93. The van der Waals surface area contributed by atoms with Crippen LogP contribution >= 0.6 is 0 Å². The maximum absolute atomic E-state index is 13.9. The van der Waals surface area contributed by atoms with Gasteiger partial charge in [-0.15, -0.1) is 0 Å². The van der Waals surface area contributed by atoms with Gasteiger partial charge >= 0.3 is 0 Å². The molecule has 0 radical (unpaired) electrons. The number of amides is 1. The molecule has 1 N–H and O–H groups in total. The second kappa shape index (κ2) is 5.97. The number of halogens is 1. The van der Waals surface area contributed by atoms with Crippen molar-refractivity contribution in [2.45, 2.75) is 70.0 Å². The standard InChI is InChI=1S/C18H22FNO6/c1-17(2)23-11-12(24-17)14-16(26-18(3,4)25-14)22-13(11)15(21)20-10-8-6-5-7-9(10)19/h5-8,11-14,16H,1-4H3,(H,20,21). The first kappa shape index (κ1) is 17.8. The Kier molecular flexibility index (Phi) is 4.09. The number of ether oxygens (including phenoxy) is 5. The first-order chi connectivity index (χ1) is 12.2. The summed E-state index contributed by atoms with van der Waals surface area (Å²) in [6.45, 7) is 7.04. The summed E-state index contributed by atoms with van der Waals surface area (Å²) >= 11 is 0. The van der Waals surface area contributed by atoms with Crippen LogP contribution in [0.2, 0.25) is 0 Å². The van der Waals surface area contributed by atoms with Gasteiger partial charge in [0.2, 0.25) is 0 Å². The lowest BCUT2D eigenvalue weighted by Gasteiger charge is -2.36. The number of rotatable bonds is 2. The van der Waals surface area contributed by atoms with Gasteiger partial charge in [0, 0.05) is 0 Å². The Morgan fingerprint density at radius 1 is 0.962 bits per heavy atom. The van der Waals surface area contributed by atoms with E-state index in [4.69, 9.17) is 23.7 Å². The Morgan fingerprint density at radius 3 is 2.31 bits per heavy atom. The van der Waals surface area contributed by atoms with Crippen molar-refractivity contribution in [3.05, 3.63) is 30.1 Å². The summed E-state index contributed by atoms with van der Waals surface area (Å²) in [7, 11) is 0. The Labute approximate surface area is 150 Å². The predicted molar refractivity (Wildman–Crippen MR) is 87.6 cm³/mol. The minimum Gasteiger partial charge on any atom is -0.342 e. The molecule has 0 spiro atoms. The molecule has 5 atom stereocenters. The Balaban J connectivity index is 1.59. The summed E-state index contributed by atoms with van der Waals surface area (Å²) in [6.07, 6.45) is -3.56. The van der Waals surface area contributed by atoms with Crippen LogP contribution in [0.25, 0.3) is 0 Å².